The topological polar surface area (TPSA) is 105 Å². The van der Waals surface area contributed by atoms with Crippen LogP contribution in [0.5, 0.6) is 0 Å². The summed E-state index contributed by atoms with van der Waals surface area (Å²) in [7, 11) is 0. The number of hydrogen-bond acceptors (Lipinski definition) is 7. The zero-order valence-corrected chi connectivity index (χ0v) is 16.4. The minimum atomic E-state index is -0.443. The lowest BCUT2D eigenvalue weighted by Gasteiger charge is -2.20. The van der Waals surface area contributed by atoms with Gasteiger partial charge in [-0.15, -0.1) is 5.10 Å². The molecule has 0 spiro atoms. The van der Waals surface area contributed by atoms with Gasteiger partial charge in [0.15, 0.2) is 11.5 Å². The molecule has 0 saturated carbocycles. The van der Waals surface area contributed by atoms with E-state index in [1.54, 1.807) is 24.8 Å². The third-order valence-electron chi connectivity index (χ3n) is 4.82. The monoisotopic (exact) mass is 420 g/mol. The second kappa shape index (κ2) is 7.27. The predicted molar refractivity (Wildman–Crippen MR) is 111 cm³/mol. The number of fused-ring (bicyclic) bond motifs is 2. The first-order valence-corrected chi connectivity index (χ1v) is 9.45. The fraction of sp³-hybridized carbons (Fsp3) is 0.100. The molecule has 1 unspecified atom stereocenters. The molecule has 10 heteroatoms. The van der Waals surface area contributed by atoms with Crippen LogP contribution in [0.1, 0.15) is 18.5 Å². The van der Waals surface area contributed by atoms with Crippen LogP contribution < -0.4 is 5.32 Å². The summed E-state index contributed by atoms with van der Waals surface area (Å²) >= 11 is 6.55. The highest BCUT2D eigenvalue weighted by Crippen LogP contribution is 2.38. The molecule has 0 fully saturated rings. The summed E-state index contributed by atoms with van der Waals surface area (Å²) in [5.41, 5.74) is 3.88. The molecule has 4 aromatic heterocycles. The SMILES string of the molecule is CC(Nc1ncnc2nc[nH]c12)c1cc(Cl)c2ccnnc2c1-c1cncc(F)c1. The number of nitrogens with zero attached hydrogens (tertiary/aromatic N) is 6. The third kappa shape index (κ3) is 3.09. The number of benzene rings is 1. The lowest BCUT2D eigenvalue weighted by atomic mass is 9.93. The lowest BCUT2D eigenvalue weighted by Crippen LogP contribution is -2.11. The van der Waals surface area contributed by atoms with Crippen LogP contribution >= 0.6 is 11.6 Å². The molecule has 1 aromatic carbocycles. The molecule has 5 aromatic rings. The van der Waals surface area contributed by atoms with Gasteiger partial charge in [0.1, 0.15) is 23.2 Å². The van der Waals surface area contributed by atoms with Crippen molar-refractivity contribution in [1.29, 1.82) is 0 Å². The van der Waals surface area contributed by atoms with Gasteiger partial charge in [0.25, 0.3) is 0 Å². The van der Waals surface area contributed by atoms with Gasteiger partial charge in [-0.25, -0.2) is 19.3 Å². The highest BCUT2D eigenvalue weighted by atomic mass is 35.5. The number of hydrogen-bond donors (Lipinski definition) is 2. The van der Waals surface area contributed by atoms with Gasteiger partial charge in [-0.3, -0.25) is 4.98 Å². The fourth-order valence-electron chi connectivity index (χ4n) is 3.48. The van der Waals surface area contributed by atoms with Crippen molar-refractivity contribution < 1.29 is 4.39 Å². The predicted octanol–water partition coefficient (Wildman–Crippen LogP) is 4.32. The summed E-state index contributed by atoms with van der Waals surface area (Å²) in [5, 5.41) is 12.9. The van der Waals surface area contributed by atoms with Crippen molar-refractivity contribution in [3.8, 4) is 11.1 Å². The van der Waals surface area contributed by atoms with Crippen LogP contribution in [0.15, 0.2) is 49.4 Å². The van der Waals surface area contributed by atoms with Crippen molar-refractivity contribution in [2.45, 2.75) is 13.0 Å². The lowest BCUT2D eigenvalue weighted by molar-refractivity contribution is 0.622. The first-order valence-electron chi connectivity index (χ1n) is 9.07. The summed E-state index contributed by atoms with van der Waals surface area (Å²) in [5.74, 6) is 0.143. The second-order valence-electron chi connectivity index (χ2n) is 6.70. The van der Waals surface area contributed by atoms with E-state index >= 15 is 0 Å². The maximum atomic E-state index is 14.0. The van der Waals surface area contributed by atoms with Crippen molar-refractivity contribution in [2.75, 3.05) is 5.32 Å². The number of aromatic nitrogens is 7. The molecule has 0 bridgehead atoms. The molecular weight excluding hydrogens is 407 g/mol. The van der Waals surface area contributed by atoms with Gasteiger partial charge in [-0.2, -0.15) is 5.10 Å². The average molecular weight is 421 g/mol. The Bertz CT molecular complexity index is 1390. The first kappa shape index (κ1) is 18.3. The molecule has 0 saturated heterocycles. The summed E-state index contributed by atoms with van der Waals surface area (Å²) in [4.78, 5) is 19.6. The van der Waals surface area contributed by atoms with Gasteiger partial charge in [0.2, 0.25) is 0 Å². The Kier molecular flexibility index (Phi) is 4.44. The number of halogens is 2. The van der Waals surface area contributed by atoms with E-state index in [4.69, 9.17) is 11.6 Å². The third-order valence-corrected chi connectivity index (χ3v) is 5.13. The Morgan fingerprint density at radius 2 is 2.07 bits per heavy atom. The number of rotatable bonds is 4. The molecule has 0 aliphatic carbocycles. The molecule has 0 amide bonds. The van der Waals surface area contributed by atoms with Crippen molar-refractivity contribution in [3.05, 3.63) is 65.8 Å². The standard InChI is InChI=1S/C20H14ClFN8/c1-10(29-20-18-19(25-8-24-18)26-9-27-20)14-5-15(21)13-2-3-28-30-17(13)16(14)11-4-12(22)7-23-6-11/h2-10H,1H3,(H2,24,25,26,27,29). The van der Waals surface area contributed by atoms with E-state index < -0.39 is 5.82 Å². The minimum absolute atomic E-state index is 0.270. The summed E-state index contributed by atoms with van der Waals surface area (Å²) < 4.78 is 14.0. The van der Waals surface area contributed by atoms with Gasteiger partial charge >= 0.3 is 0 Å². The molecule has 148 valence electrons. The summed E-state index contributed by atoms with van der Waals surface area (Å²) in [6, 6.07) is 4.77. The molecule has 0 aliphatic heterocycles. The zero-order chi connectivity index (χ0) is 20.7. The molecule has 2 N–H and O–H groups in total. The number of imidazole rings is 1. The second-order valence-corrected chi connectivity index (χ2v) is 7.10. The Morgan fingerprint density at radius 3 is 2.93 bits per heavy atom. The Labute approximate surface area is 174 Å². The van der Waals surface area contributed by atoms with Crippen molar-refractivity contribution in [2.24, 2.45) is 0 Å². The van der Waals surface area contributed by atoms with Crippen LogP contribution in [0.4, 0.5) is 10.2 Å². The van der Waals surface area contributed by atoms with Crippen molar-refractivity contribution in [3.63, 3.8) is 0 Å². The quantitative estimate of drug-likeness (QED) is 0.446. The van der Waals surface area contributed by atoms with Crippen molar-refractivity contribution in [1.82, 2.24) is 35.1 Å². The van der Waals surface area contributed by atoms with Gasteiger partial charge in [0, 0.05) is 22.7 Å². The Morgan fingerprint density at radius 1 is 1.17 bits per heavy atom. The van der Waals surface area contributed by atoms with Crippen molar-refractivity contribution >= 4 is 39.5 Å². The van der Waals surface area contributed by atoms with Gasteiger partial charge in [-0.1, -0.05) is 11.6 Å². The van der Waals surface area contributed by atoms with E-state index in [0.29, 0.717) is 38.6 Å². The molecule has 0 aliphatic rings. The molecule has 5 rings (SSSR count). The van der Waals surface area contributed by atoms with E-state index in [9.17, 15) is 4.39 Å². The van der Waals surface area contributed by atoms with E-state index in [-0.39, 0.29) is 6.04 Å². The highest BCUT2D eigenvalue weighted by molar-refractivity contribution is 6.36. The average Bonchev–Trinajstić information content (AvgIpc) is 3.23. The molecular formula is C20H14ClFN8. The van der Waals surface area contributed by atoms with Gasteiger partial charge in [0.05, 0.1) is 29.8 Å². The maximum Gasteiger partial charge on any atom is 0.182 e. The summed E-state index contributed by atoms with van der Waals surface area (Å²) in [6.07, 6.45) is 7.31. The van der Waals surface area contributed by atoms with Crippen LogP contribution in [0.3, 0.4) is 0 Å². The van der Waals surface area contributed by atoms with E-state index in [1.807, 2.05) is 13.0 Å². The molecule has 0 radical (unpaired) electrons. The largest absolute Gasteiger partial charge is 0.362 e. The Balaban J connectivity index is 1.70. The number of nitrogens with one attached hydrogen (secondary N) is 2. The Hall–Kier alpha value is -3.72. The van der Waals surface area contributed by atoms with Crippen LogP contribution in [0, 0.1) is 5.82 Å². The number of H-pyrrole nitrogens is 1. The number of anilines is 1. The van der Waals surface area contributed by atoms with E-state index in [1.165, 1.54) is 12.4 Å². The first-order chi connectivity index (χ1) is 14.6. The fourth-order valence-corrected chi connectivity index (χ4v) is 3.75. The van der Waals surface area contributed by atoms with Crippen LogP contribution in [0.2, 0.25) is 5.02 Å². The summed E-state index contributed by atoms with van der Waals surface area (Å²) in [6.45, 7) is 1.95. The van der Waals surface area contributed by atoms with Crippen LogP contribution in [-0.2, 0) is 0 Å². The molecule has 1 atom stereocenters. The van der Waals surface area contributed by atoms with E-state index in [0.717, 1.165) is 17.1 Å². The van der Waals surface area contributed by atoms with Crippen LogP contribution in [-0.4, -0.2) is 35.1 Å². The molecule has 8 nitrogen and oxygen atoms in total. The molecule has 30 heavy (non-hydrogen) atoms. The normalized spacial score (nSPS) is 12.4. The number of pyridine rings is 1. The van der Waals surface area contributed by atoms with Crippen LogP contribution in [0.25, 0.3) is 33.2 Å². The smallest absolute Gasteiger partial charge is 0.182 e. The number of aromatic amines is 1. The maximum absolute atomic E-state index is 14.0. The van der Waals surface area contributed by atoms with Gasteiger partial charge < -0.3 is 10.3 Å². The highest BCUT2D eigenvalue weighted by Gasteiger charge is 2.21. The molecule has 4 heterocycles. The minimum Gasteiger partial charge on any atom is -0.362 e. The van der Waals surface area contributed by atoms with E-state index in [2.05, 4.69) is 40.4 Å². The van der Waals surface area contributed by atoms with Gasteiger partial charge in [-0.05, 0) is 30.7 Å². The zero-order valence-electron chi connectivity index (χ0n) is 15.6.